The van der Waals surface area contributed by atoms with E-state index in [0.717, 1.165) is 17.0 Å². The molecule has 25 heteroatoms. The number of nitrogens with zero attached hydrogens (tertiary/aromatic N) is 4. The summed E-state index contributed by atoms with van der Waals surface area (Å²) < 4.78 is 133. The number of sulfonamides is 1. The standard InChI is InChI=1S/C54H60ClF4N6O10PS3/c1-35(2)65-36(3)50(53(66)67)51(52(65)38-9-11-40(55)12-10-38)39-29-41(56)31-45(30-39)64-27-25-63(26-28-64)44-15-13-42(14-16-44)61-79(73,74)47-17-18-48(49(32-47)78(71,72)54(57,58)59)60-43(34-77-46-7-5-4-6-8-46)21-24-62-22-19-37(20-23-62)33-75-76(68,69)70/h4-18,29-32,35,37,43,60-61H,19-28,33-34H2,1-3H3,(H,66,67)(H2,68,69,70). The van der Waals surface area contributed by atoms with Gasteiger partial charge in [0.2, 0.25) is 0 Å². The molecule has 1 atom stereocenters. The number of hydrogen-bond donors (Lipinski definition) is 5. The van der Waals surface area contributed by atoms with E-state index >= 15 is 4.39 Å². The van der Waals surface area contributed by atoms with Gasteiger partial charge in [-0.2, -0.15) is 13.2 Å². The average molecular weight is 1190 g/mol. The molecule has 1 unspecified atom stereocenters. The van der Waals surface area contributed by atoms with E-state index in [4.69, 9.17) is 21.4 Å². The number of aromatic nitrogens is 1. The van der Waals surface area contributed by atoms with E-state index in [0.29, 0.717) is 121 Å². The Hall–Kier alpha value is -5.62. The highest BCUT2D eigenvalue weighted by Crippen LogP contribution is 2.44. The molecule has 424 valence electrons. The van der Waals surface area contributed by atoms with E-state index in [9.17, 15) is 44.5 Å². The Kier molecular flexibility index (Phi) is 18.5. The number of carbonyl (C=O) groups is 1. The van der Waals surface area contributed by atoms with Gasteiger partial charge in [-0.1, -0.05) is 41.9 Å². The van der Waals surface area contributed by atoms with Gasteiger partial charge in [-0.3, -0.25) is 9.25 Å². The molecule has 0 bridgehead atoms. The van der Waals surface area contributed by atoms with E-state index in [-0.39, 0.29) is 29.8 Å². The van der Waals surface area contributed by atoms with Gasteiger partial charge in [0.05, 0.1) is 28.4 Å². The number of anilines is 4. The number of likely N-dealkylation sites (tertiary alicyclic amines) is 1. The number of sulfone groups is 1. The third kappa shape index (κ3) is 14.5. The van der Waals surface area contributed by atoms with E-state index in [1.807, 2.05) is 58.5 Å². The Morgan fingerprint density at radius 1 is 0.835 bits per heavy atom. The molecule has 5 N–H and O–H groups in total. The molecule has 2 aliphatic heterocycles. The monoisotopic (exact) mass is 1190 g/mol. The number of piperidine rings is 1. The van der Waals surface area contributed by atoms with Crippen molar-refractivity contribution in [2.24, 2.45) is 5.92 Å². The van der Waals surface area contributed by atoms with Gasteiger partial charge in [0.25, 0.3) is 19.9 Å². The third-order valence-electron chi connectivity index (χ3n) is 14.0. The summed E-state index contributed by atoms with van der Waals surface area (Å²) in [6, 6.07) is 28.8. The van der Waals surface area contributed by atoms with Gasteiger partial charge in [0.15, 0.2) is 0 Å². The minimum Gasteiger partial charge on any atom is -0.478 e. The van der Waals surface area contributed by atoms with E-state index < -0.39 is 66.5 Å². The summed E-state index contributed by atoms with van der Waals surface area (Å²) in [4.78, 5) is 36.1. The minimum atomic E-state index is -6.11. The van der Waals surface area contributed by atoms with Crippen LogP contribution in [-0.4, -0.2) is 117 Å². The fourth-order valence-corrected chi connectivity index (χ4v) is 13.7. The number of thioether (sulfide) groups is 1. The average Bonchev–Trinajstić information content (AvgIpc) is 3.99. The lowest BCUT2D eigenvalue weighted by molar-refractivity contribution is -0.0436. The quantitative estimate of drug-likeness (QED) is 0.0258. The Morgan fingerprint density at radius 3 is 2.06 bits per heavy atom. The second kappa shape index (κ2) is 24.6. The molecule has 0 radical (unpaired) electrons. The summed E-state index contributed by atoms with van der Waals surface area (Å²) in [5, 5.41) is 14.0. The SMILES string of the molecule is Cc1c(C(=O)O)c(-c2cc(F)cc(N3CCN(c4ccc(NS(=O)(=O)c5ccc(NC(CCN6CCC(COP(=O)(O)O)CC6)CSc6ccccc6)c(S(=O)(=O)C(F)(F)F)c5)cc4)CC3)c2)c(-c2ccc(Cl)cc2)n1C(C)C. The molecular weight excluding hydrogens is 1130 g/mol. The number of benzene rings is 5. The van der Waals surface area contributed by atoms with Crippen molar-refractivity contribution in [3.05, 3.63) is 137 Å². The summed E-state index contributed by atoms with van der Waals surface area (Å²) in [7, 11) is -15.4. The van der Waals surface area contributed by atoms with Crippen LogP contribution in [0.4, 0.5) is 40.3 Å². The van der Waals surface area contributed by atoms with E-state index in [1.54, 1.807) is 49.4 Å². The molecule has 2 aliphatic rings. The molecule has 0 aliphatic carbocycles. The first-order chi connectivity index (χ1) is 37.3. The number of halogens is 5. The first kappa shape index (κ1) is 59.5. The van der Waals surface area contributed by atoms with Gasteiger partial charge in [-0.05, 0) is 155 Å². The number of nitrogens with one attached hydrogen (secondary N) is 2. The molecular formula is C54H60ClF4N6O10PS3. The maximum Gasteiger partial charge on any atom is 0.501 e. The normalized spacial score (nSPS) is 15.6. The van der Waals surface area contributed by atoms with Gasteiger partial charge >= 0.3 is 19.3 Å². The number of piperazine rings is 1. The highest BCUT2D eigenvalue weighted by Gasteiger charge is 2.48. The number of rotatable bonds is 21. The lowest BCUT2D eigenvalue weighted by Gasteiger charge is -2.37. The van der Waals surface area contributed by atoms with Crippen LogP contribution in [0, 0.1) is 18.7 Å². The third-order valence-corrected chi connectivity index (χ3v) is 18.8. The number of carboxylic acids is 1. The second-order valence-corrected chi connectivity index (χ2v) is 26.1. The Bertz CT molecular complexity index is 3410. The molecule has 16 nitrogen and oxygen atoms in total. The number of phosphoric ester groups is 1. The summed E-state index contributed by atoms with van der Waals surface area (Å²) >= 11 is 7.62. The van der Waals surface area contributed by atoms with Crippen LogP contribution >= 0.6 is 31.2 Å². The molecule has 79 heavy (non-hydrogen) atoms. The lowest BCUT2D eigenvalue weighted by Crippen LogP contribution is -2.46. The number of hydrogen-bond acceptors (Lipinski definition) is 12. The van der Waals surface area contributed by atoms with Crippen molar-refractivity contribution in [1.82, 2.24) is 9.47 Å². The lowest BCUT2D eigenvalue weighted by atomic mass is 9.96. The van der Waals surface area contributed by atoms with Gasteiger partial charge in [-0.25, -0.2) is 30.6 Å². The topological polar surface area (TPSA) is 211 Å². The zero-order valence-electron chi connectivity index (χ0n) is 43.2. The molecule has 2 fully saturated rings. The van der Waals surface area contributed by atoms with Crippen LogP contribution in [0.5, 0.6) is 0 Å². The predicted molar refractivity (Wildman–Crippen MR) is 300 cm³/mol. The van der Waals surface area contributed by atoms with Gasteiger partial charge in [0, 0.05) is 88.8 Å². The van der Waals surface area contributed by atoms with Crippen molar-refractivity contribution >= 4 is 79.8 Å². The number of aromatic carboxylic acids is 1. The van der Waals surface area contributed by atoms with Crippen LogP contribution in [0.2, 0.25) is 5.02 Å². The fraction of sp³-hybridized carbons (Fsp3) is 0.352. The maximum atomic E-state index is 15.7. The molecule has 3 heterocycles. The molecule has 8 rings (SSSR count). The Labute approximate surface area is 465 Å². The highest BCUT2D eigenvalue weighted by molar-refractivity contribution is 7.99. The minimum absolute atomic E-state index is 0.0497. The molecule has 1 aromatic heterocycles. The smallest absolute Gasteiger partial charge is 0.478 e. The van der Waals surface area contributed by atoms with E-state index in [2.05, 4.69) is 19.5 Å². The first-order valence-corrected chi connectivity index (χ1v) is 31.1. The number of alkyl halides is 3. The van der Waals surface area contributed by atoms with Gasteiger partial charge in [0.1, 0.15) is 10.7 Å². The second-order valence-electron chi connectivity index (χ2n) is 19.7. The fourth-order valence-electron chi connectivity index (χ4n) is 10.0. The zero-order chi connectivity index (χ0) is 57.0. The summed E-state index contributed by atoms with van der Waals surface area (Å²) in [6.07, 6.45) is 1.51. The summed E-state index contributed by atoms with van der Waals surface area (Å²) in [5.74, 6) is -1.49. The Morgan fingerprint density at radius 2 is 1.47 bits per heavy atom. The maximum absolute atomic E-state index is 15.7. The van der Waals surface area contributed by atoms with Crippen LogP contribution in [0.1, 0.15) is 55.2 Å². The van der Waals surface area contributed by atoms with Crippen LogP contribution in [0.25, 0.3) is 22.4 Å². The largest absolute Gasteiger partial charge is 0.501 e. The van der Waals surface area contributed by atoms with Crippen molar-refractivity contribution in [1.29, 1.82) is 0 Å². The summed E-state index contributed by atoms with van der Waals surface area (Å²) in [5.41, 5.74) is -2.23. The number of phosphoric acid groups is 1. The molecule has 0 spiro atoms. The van der Waals surface area contributed by atoms with Crippen LogP contribution in [0.3, 0.4) is 0 Å². The molecule has 0 amide bonds. The van der Waals surface area contributed by atoms with Crippen molar-refractivity contribution < 1.29 is 63.2 Å². The summed E-state index contributed by atoms with van der Waals surface area (Å²) in [6.45, 7) is 8.86. The van der Waals surface area contributed by atoms with Crippen molar-refractivity contribution in [2.45, 2.75) is 72.3 Å². The van der Waals surface area contributed by atoms with Crippen molar-refractivity contribution in [3.8, 4) is 22.4 Å². The molecule has 5 aromatic carbocycles. The highest BCUT2D eigenvalue weighted by atomic mass is 35.5. The predicted octanol–water partition coefficient (Wildman–Crippen LogP) is 11.4. The molecule has 6 aromatic rings. The van der Waals surface area contributed by atoms with Crippen LogP contribution < -0.4 is 19.8 Å². The van der Waals surface area contributed by atoms with Crippen molar-refractivity contribution in [3.63, 3.8) is 0 Å². The van der Waals surface area contributed by atoms with Gasteiger partial charge < -0.3 is 39.5 Å². The number of carboxylic acid groups (broad SMARTS) is 1. The van der Waals surface area contributed by atoms with Gasteiger partial charge in [-0.15, -0.1) is 11.8 Å². The molecule has 0 saturated carbocycles. The molecule has 2 saturated heterocycles. The Balaban J connectivity index is 0.963. The van der Waals surface area contributed by atoms with Crippen LogP contribution in [0.15, 0.2) is 130 Å². The van der Waals surface area contributed by atoms with Crippen molar-refractivity contribution in [2.75, 3.05) is 78.0 Å². The van der Waals surface area contributed by atoms with Crippen LogP contribution in [-0.2, 0) is 28.9 Å². The first-order valence-electron chi connectivity index (χ1n) is 25.3. The zero-order valence-corrected chi connectivity index (χ0v) is 47.3. The van der Waals surface area contributed by atoms with E-state index in [1.165, 1.54) is 36.0 Å².